The number of hydrogen-bond donors (Lipinski definition) is 2. The minimum atomic E-state index is -1.00. The first-order valence-electron chi connectivity index (χ1n) is 7.82. The van der Waals surface area contributed by atoms with Crippen LogP contribution in [0.4, 0.5) is 0 Å². The third-order valence-corrected chi connectivity index (χ3v) is 4.77. The standard InChI is InChI=1S/C17H26N2O2/c1-14-8-6-7-12-19(14)13-11-17(18-2,16(20)21)15-9-4-3-5-10-15/h3-5,9-10,14,18H,6-8,11-13H2,1-2H3,(H,20,21). The van der Waals surface area contributed by atoms with Gasteiger partial charge in [-0.15, -0.1) is 0 Å². The minimum Gasteiger partial charge on any atom is -0.480 e. The molecule has 1 aliphatic heterocycles. The molecule has 0 radical (unpaired) electrons. The first kappa shape index (κ1) is 16.0. The maximum absolute atomic E-state index is 11.9. The molecule has 4 nitrogen and oxygen atoms in total. The van der Waals surface area contributed by atoms with Gasteiger partial charge in [0.15, 0.2) is 0 Å². The van der Waals surface area contributed by atoms with E-state index in [0.717, 1.165) is 18.7 Å². The molecule has 0 amide bonds. The minimum absolute atomic E-state index is 0.554. The quantitative estimate of drug-likeness (QED) is 0.845. The van der Waals surface area contributed by atoms with Crippen LogP contribution in [0.3, 0.4) is 0 Å². The van der Waals surface area contributed by atoms with E-state index >= 15 is 0 Å². The summed E-state index contributed by atoms with van der Waals surface area (Å²) in [4.78, 5) is 14.3. The topological polar surface area (TPSA) is 52.6 Å². The highest BCUT2D eigenvalue weighted by Crippen LogP contribution is 2.27. The van der Waals surface area contributed by atoms with Crippen LogP contribution in [0.5, 0.6) is 0 Å². The summed E-state index contributed by atoms with van der Waals surface area (Å²) in [5.74, 6) is -0.805. The fourth-order valence-electron chi connectivity index (χ4n) is 3.27. The Balaban J connectivity index is 2.15. The summed E-state index contributed by atoms with van der Waals surface area (Å²) in [6.45, 7) is 4.13. The number of likely N-dealkylation sites (N-methyl/N-ethyl adjacent to an activating group) is 1. The molecule has 1 aromatic rings. The van der Waals surface area contributed by atoms with E-state index in [0.29, 0.717) is 12.5 Å². The van der Waals surface area contributed by atoms with Crippen LogP contribution >= 0.6 is 0 Å². The fourth-order valence-corrected chi connectivity index (χ4v) is 3.27. The number of benzene rings is 1. The molecular weight excluding hydrogens is 264 g/mol. The van der Waals surface area contributed by atoms with E-state index in [9.17, 15) is 9.90 Å². The zero-order valence-electron chi connectivity index (χ0n) is 13.0. The molecule has 0 aliphatic carbocycles. The van der Waals surface area contributed by atoms with Crippen LogP contribution in [-0.2, 0) is 10.3 Å². The second-order valence-corrected chi connectivity index (χ2v) is 5.96. The van der Waals surface area contributed by atoms with Crippen LogP contribution in [0.1, 0.15) is 38.2 Å². The van der Waals surface area contributed by atoms with Gasteiger partial charge < -0.3 is 15.3 Å². The number of rotatable bonds is 6. The van der Waals surface area contributed by atoms with E-state index in [-0.39, 0.29) is 0 Å². The highest BCUT2D eigenvalue weighted by molar-refractivity contribution is 5.80. The molecule has 2 rings (SSSR count). The van der Waals surface area contributed by atoms with E-state index in [2.05, 4.69) is 17.1 Å². The van der Waals surface area contributed by atoms with Gasteiger partial charge in [0.25, 0.3) is 0 Å². The van der Waals surface area contributed by atoms with Crippen LogP contribution in [0.15, 0.2) is 30.3 Å². The summed E-state index contributed by atoms with van der Waals surface area (Å²) < 4.78 is 0. The van der Waals surface area contributed by atoms with Gasteiger partial charge in [-0.25, -0.2) is 4.79 Å². The summed E-state index contributed by atoms with van der Waals surface area (Å²) in [6.07, 6.45) is 4.29. The molecule has 2 N–H and O–H groups in total. The zero-order valence-corrected chi connectivity index (χ0v) is 13.0. The number of carbonyl (C=O) groups is 1. The van der Waals surface area contributed by atoms with E-state index in [1.807, 2.05) is 30.3 Å². The summed E-state index contributed by atoms with van der Waals surface area (Å²) in [6, 6.07) is 10.0. The Morgan fingerprint density at radius 2 is 2.10 bits per heavy atom. The number of likely N-dealkylation sites (tertiary alicyclic amines) is 1. The van der Waals surface area contributed by atoms with E-state index in [4.69, 9.17) is 0 Å². The van der Waals surface area contributed by atoms with Crippen molar-refractivity contribution < 1.29 is 9.90 Å². The molecule has 2 unspecified atom stereocenters. The number of hydrogen-bond acceptors (Lipinski definition) is 3. The first-order chi connectivity index (χ1) is 10.1. The molecule has 21 heavy (non-hydrogen) atoms. The molecule has 116 valence electrons. The van der Waals surface area contributed by atoms with Gasteiger partial charge in [-0.1, -0.05) is 36.8 Å². The number of carboxylic acid groups (broad SMARTS) is 1. The lowest BCUT2D eigenvalue weighted by atomic mass is 9.86. The van der Waals surface area contributed by atoms with E-state index in [1.54, 1.807) is 7.05 Å². The number of carboxylic acids is 1. The fraction of sp³-hybridized carbons (Fsp3) is 0.588. The highest BCUT2D eigenvalue weighted by atomic mass is 16.4. The summed E-state index contributed by atoms with van der Waals surface area (Å²) >= 11 is 0. The summed E-state index contributed by atoms with van der Waals surface area (Å²) in [7, 11) is 1.74. The van der Waals surface area contributed by atoms with Crippen molar-refractivity contribution in [3.63, 3.8) is 0 Å². The second-order valence-electron chi connectivity index (χ2n) is 5.96. The average molecular weight is 290 g/mol. The normalized spacial score (nSPS) is 22.7. The Morgan fingerprint density at radius 3 is 2.67 bits per heavy atom. The largest absolute Gasteiger partial charge is 0.480 e. The van der Waals surface area contributed by atoms with Crippen molar-refractivity contribution in [2.24, 2.45) is 0 Å². The summed E-state index contributed by atoms with van der Waals surface area (Å²) in [5.41, 5.74) is -0.178. The molecule has 0 saturated carbocycles. The first-order valence-corrected chi connectivity index (χ1v) is 7.82. The van der Waals surface area contributed by atoms with E-state index in [1.165, 1.54) is 19.3 Å². The molecule has 1 aliphatic rings. The average Bonchev–Trinajstić information content (AvgIpc) is 2.51. The van der Waals surface area contributed by atoms with Crippen molar-refractivity contribution in [1.29, 1.82) is 0 Å². The number of nitrogens with zero attached hydrogens (tertiary/aromatic N) is 1. The molecular formula is C17H26N2O2. The van der Waals surface area contributed by atoms with Crippen molar-refractivity contribution >= 4 is 5.97 Å². The Hall–Kier alpha value is -1.39. The van der Waals surface area contributed by atoms with Crippen molar-refractivity contribution in [2.75, 3.05) is 20.1 Å². The van der Waals surface area contributed by atoms with Gasteiger partial charge in [0.2, 0.25) is 0 Å². The second kappa shape index (κ2) is 7.05. The van der Waals surface area contributed by atoms with Crippen molar-refractivity contribution in [3.05, 3.63) is 35.9 Å². The lowest BCUT2D eigenvalue weighted by molar-refractivity contribution is -0.145. The molecule has 1 saturated heterocycles. The Morgan fingerprint density at radius 1 is 1.38 bits per heavy atom. The molecule has 4 heteroatoms. The smallest absolute Gasteiger partial charge is 0.328 e. The molecule has 1 fully saturated rings. The molecule has 2 atom stereocenters. The van der Waals surface area contributed by atoms with Gasteiger partial charge >= 0.3 is 5.97 Å². The van der Waals surface area contributed by atoms with Gasteiger partial charge in [0.05, 0.1) is 0 Å². The van der Waals surface area contributed by atoms with Gasteiger partial charge in [-0.05, 0) is 45.3 Å². The molecule has 0 spiro atoms. The van der Waals surface area contributed by atoms with Gasteiger partial charge in [-0.3, -0.25) is 0 Å². The number of aliphatic carboxylic acids is 1. The van der Waals surface area contributed by atoms with Crippen LogP contribution in [0.2, 0.25) is 0 Å². The Kier molecular flexibility index (Phi) is 5.37. The number of nitrogens with one attached hydrogen (secondary N) is 1. The number of piperidine rings is 1. The third kappa shape index (κ3) is 3.44. The Bertz CT molecular complexity index is 463. The molecule has 1 aromatic carbocycles. The van der Waals surface area contributed by atoms with Crippen LogP contribution in [0.25, 0.3) is 0 Å². The Labute approximate surface area is 127 Å². The third-order valence-electron chi connectivity index (χ3n) is 4.77. The summed E-state index contributed by atoms with van der Waals surface area (Å²) in [5, 5.41) is 12.9. The maximum Gasteiger partial charge on any atom is 0.328 e. The van der Waals surface area contributed by atoms with Gasteiger partial charge in [0, 0.05) is 12.6 Å². The van der Waals surface area contributed by atoms with E-state index < -0.39 is 11.5 Å². The maximum atomic E-state index is 11.9. The van der Waals surface area contributed by atoms with Gasteiger partial charge in [-0.2, -0.15) is 0 Å². The predicted octanol–water partition coefficient (Wildman–Crippen LogP) is 2.45. The van der Waals surface area contributed by atoms with Crippen molar-refractivity contribution in [3.8, 4) is 0 Å². The van der Waals surface area contributed by atoms with Gasteiger partial charge in [0.1, 0.15) is 5.54 Å². The lowest BCUT2D eigenvalue weighted by Gasteiger charge is -2.37. The zero-order chi connectivity index (χ0) is 15.3. The van der Waals surface area contributed by atoms with Crippen LogP contribution in [-0.4, -0.2) is 42.2 Å². The van der Waals surface area contributed by atoms with Crippen LogP contribution < -0.4 is 5.32 Å². The van der Waals surface area contributed by atoms with Crippen molar-refractivity contribution in [1.82, 2.24) is 10.2 Å². The SMILES string of the molecule is CNC(CCN1CCCCC1C)(C(=O)O)c1ccccc1. The monoisotopic (exact) mass is 290 g/mol. The molecule has 0 aromatic heterocycles. The molecule has 0 bridgehead atoms. The van der Waals surface area contributed by atoms with Crippen LogP contribution in [0, 0.1) is 0 Å². The van der Waals surface area contributed by atoms with Crippen molar-refractivity contribution in [2.45, 2.75) is 44.2 Å². The highest BCUT2D eigenvalue weighted by Gasteiger charge is 2.39. The molecule has 1 heterocycles. The predicted molar refractivity (Wildman–Crippen MR) is 84.3 cm³/mol. The lowest BCUT2D eigenvalue weighted by Crippen LogP contribution is -2.50.